The zero-order valence-electron chi connectivity index (χ0n) is 9.20. The van der Waals surface area contributed by atoms with E-state index in [0.717, 1.165) is 14.8 Å². The van der Waals surface area contributed by atoms with Crippen molar-refractivity contribution in [3.8, 4) is 0 Å². The van der Waals surface area contributed by atoms with Crippen LogP contribution in [0.25, 0.3) is 0 Å². The Balaban J connectivity index is 2.71. The molecule has 1 rings (SSSR count). The predicted molar refractivity (Wildman–Crippen MR) is 67.0 cm³/mol. The molecule has 0 aliphatic heterocycles. The number of hydrogen-bond donors (Lipinski definition) is 2. The van der Waals surface area contributed by atoms with Crippen LogP contribution in [0, 0.1) is 0 Å². The minimum atomic E-state index is -2.28. The average molecular weight is 275 g/mol. The van der Waals surface area contributed by atoms with Crippen molar-refractivity contribution in [2.75, 3.05) is 12.8 Å². The normalized spacial score (nSPS) is 12.6. The Kier molecular flexibility index (Phi) is 5.63. The fourth-order valence-corrected chi connectivity index (χ4v) is 2.14. The first-order valence-corrected chi connectivity index (χ1v) is 7.02. The molecule has 1 aromatic rings. The van der Waals surface area contributed by atoms with Crippen LogP contribution in [0.4, 0.5) is 0 Å². The lowest BCUT2D eigenvalue weighted by Crippen LogP contribution is -2.30. The summed E-state index contributed by atoms with van der Waals surface area (Å²) in [6, 6.07) is 7.40. The summed E-state index contributed by atoms with van der Waals surface area (Å²) in [5.41, 5.74) is 0.798. The van der Waals surface area contributed by atoms with E-state index in [-0.39, 0.29) is 6.54 Å². The Morgan fingerprint density at radius 1 is 1.41 bits per heavy atom. The highest BCUT2D eigenvalue weighted by Crippen LogP contribution is 2.16. The van der Waals surface area contributed by atoms with Crippen LogP contribution in [0.3, 0.4) is 0 Å². The Morgan fingerprint density at radius 3 is 2.41 bits per heavy atom. The first-order chi connectivity index (χ1) is 8.02. The Hall–Kier alpha value is -0.890. The minimum Gasteiger partial charge on any atom is -0.480 e. The van der Waals surface area contributed by atoms with Crippen molar-refractivity contribution in [1.29, 1.82) is 0 Å². The summed E-state index contributed by atoms with van der Waals surface area (Å²) in [5.74, 6) is -1.13. The Labute approximate surface area is 106 Å². The van der Waals surface area contributed by atoms with E-state index in [1.165, 1.54) is 0 Å². The van der Waals surface area contributed by atoms with Crippen molar-refractivity contribution in [2.24, 2.45) is 0 Å². The second-order valence-electron chi connectivity index (χ2n) is 3.27. The number of carboxylic acid groups (broad SMARTS) is 1. The van der Waals surface area contributed by atoms with Gasteiger partial charge in [-0.3, -0.25) is 9.35 Å². The number of nitrogens with zero attached hydrogens (tertiary/aromatic N) is 1. The molecule has 0 aromatic heterocycles. The third kappa shape index (κ3) is 4.86. The smallest absolute Gasteiger partial charge is 0.318 e. The molecule has 17 heavy (non-hydrogen) atoms. The van der Waals surface area contributed by atoms with Gasteiger partial charge in [0.15, 0.2) is 0 Å². The molecule has 0 bridgehead atoms. The molecule has 94 valence electrons. The van der Waals surface area contributed by atoms with Gasteiger partial charge < -0.3 is 5.11 Å². The van der Waals surface area contributed by atoms with Crippen LogP contribution in [0.5, 0.6) is 0 Å². The van der Waals surface area contributed by atoms with E-state index in [1.54, 1.807) is 11.8 Å². The second-order valence-corrected chi connectivity index (χ2v) is 5.13. The van der Waals surface area contributed by atoms with E-state index in [0.29, 0.717) is 0 Å². The van der Waals surface area contributed by atoms with Crippen LogP contribution in [0.15, 0.2) is 29.2 Å². The predicted octanol–water partition coefficient (Wildman–Crippen LogP) is 1.43. The number of hydrogen-bond acceptors (Lipinski definition) is 3. The van der Waals surface area contributed by atoms with E-state index >= 15 is 0 Å². The highest BCUT2D eigenvalue weighted by molar-refractivity contribution is 7.98. The maximum absolute atomic E-state index is 10.9. The third-order valence-electron chi connectivity index (χ3n) is 2.05. The van der Waals surface area contributed by atoms with Crippen molar-refractivity contribution in [1.82, 2.24) is 4.31 Å². The highest BCUT2D eigenvalue weighted by Gasteiger charge is 2.15. The van der Waals surface area contributed by atoms with Crippen molar-refractivity contribution >= 4 is 29.0 Å². The number of benzene rings is 1. The monoisotopic (exact) mass is 275 g/mol. The fourth-order valence-electron chi connectivity index (χ4n) is 1.25. The zero-order valence-corrected chi connectivity index (χ0v) is 10.8. The Morgan fingerprint density at radius 2 is 2.00 bits per heavy atom. The number of rotatable bonds is 6. The molecule has 0 heterocycles. The first kappa shape index (κ1) is 14.2. The van der Waals surface area contributed by atoms with Gasteiger partial charge in [0.2, 0.25) is 11.3 Å². The topological polar surface area (TPSA) is 77.8 Å². The van der Waals surface area contributed by atoms with Gasteiger partial charge in [-0.25, -0.2) is 4.21 Å². The summed E-state index contributed by atoms with van der Waals surface area (Å²) in [6.07, 6.45) is 1.95. The molecular formula is C10H13NO4S2. The molecule has 0 aliphatic rings. The molecule has 7 heteroatoms. The number of carbonyl (C=O) groups is 1. The van der Waals surface area contributed by atoms with Gasteiger partial charge in [-0.15, -0.1) is 11.8 Å². The number of carboxylic acids is 1. The maximum atomic E-state index is 10.9. The van der Waals surface area contributed by atoms with Crippen LogP contribution in [-0.2, 0) is 22.6 Å². The van der Waals surface area contributed by atoms with Crippen LogP contribution < -0.4 is 0 Å². The summed E-state index contributed by atoms with van der Waals surface area (Å²) >= 11 is -0.688. The van der Waals surface area contributed by atoms with Gasteiger partial charge in [-0.2, -0.15) is 4.31 Å². The van der Waals surface area contributed by atoms with E-state index in [4.69, 9.17) is 9.66 Å². The summed E-state index contributed by atoms with van der Waals surface area (Å²) in [5, 5.41) is 8.60. The van der Waals surface area contributed by atoms with Crippen LogP contribution in [0.2, 0.25) is 0 Å². The van der Waals surface area contributed by atoms with Gasteiger partial charge in [-0.05, 0) is 24.0 Å². The molecule has 0 aliphatic carbocycles. The molecule has 0 amide bonds. The van der Waals surface area contributed by atoms with Gasteiger partial charge in [0.05, 0.1) is 0 Å². The lowest BCUT2D eigenvalue weighted by molar-refractivity contribution is -0.137. The summed E-state index contributed by atoms with van der Waals surface area (Å²) < 4.78 is 20.9. The standard InChI is InChI=1S/C10H13NO4S2/c1-16-9-4-2-8(3-5-9)6-11(17(14)15)7-10(12)13/h2-5H,6-7H2,1H3,(H,12,13)(H,14,15). The molecule has 0 radical (unpaired) electrons. The Bertz CT molecular complexity index is 407. The lowest BCUT2D eigenvalue weighted by atomic mass is 10.2. The second kappa shape index (κ2) is 6.75. The molecule has 0 saturated heterocycles. The first-order valence-electron chi connectivity index (χ1n) is 4.73. The van der Waals surface area contributed by atoms with Crippen molar-refractivity contribution < 1.29 is 18.7 Å². The van der Waals surface area contributed by atoms with E-state index in [9.17, 15) is 9.00 Å². The fraction of sp³-hybridized carbons (Fsp3) is 0.300. The largest absolute Gasteiger partial charge is 0.480 e. The minimum absolute atomic E-state index is 0.129. The van der Waals surface area contributed by atoms with Crippen LogP contribution in [-0.4, -0.2) is 36.9 Å². The van der Waals surface area contributed by atoms with Gasteiger partial charge in [0.25, 0.3) is 0 Å². The molecule has 0 saturated carbocycles. The quantitative estimate of drug-likeness (QED) is 0.606. The van der Waals surface area contributed by atoms with Crippen LogP contribution in [0.1, 0.15) is 5.56 Å². The third-order valence-corrected chi connectivity index (χ3v) is 3.49. The molecule has 5 nitrogen and oxygen atoms in total. The van der Waals surface area contributed by atoms with Gasteiger partial charge in [0, 0.05) is 11.4 Å². The highest BCUT2D eigenvalue weighted by atomic mass is 32.2. The van der Waals surface area contributed by atoms with E-state index < -0.39 is 23.8 Å². The lowest BCUT2D eigenvalue weighted by Gasteiger charge is -2.15. The maximum Gasteiger partial charge on any atom is 0.318 e. The number of thioether (sulfide) groups is 1. The van der Waals surface area contributed by atoms with Crippen molar-refractivity contribution in [3.05, 3.63) is 29.8 Å². The summed E-state index contributed by atoms with van der Waals surface area (Å²) in [7, 11) is 0. The molecule has 1 unspecified atom stereocenters. The summed E-state index contributed by atoms with van der Waals surface area (Å²) in [6.45, 7) is -0.336. The van der Waals surface area contributed by atoms with Crippen molar-refractivity contribution in [2.45, 2.75) is 11.4 Å². The van der Waals surface area contributed by atoms with Gasteiger partial charge >= 0.3 is 5.97 Å². The zero-order chi connectivity index (χ0) is 12.8. The average Bonchev–Trinajstić information content (AvgIpc) is 2.28. The molecule has 0 spiro atoms. The molecule has 2 N–H and O–H groups in total. The van der Waals surface area contributed by atoms with Gasteiger partial charge in [-0.1, -0.05) is 12.1 Å². The van der Waals surface area contributed by atoms with E-state index in [2.05, 4.69) is 0 Å². The number of aliphatic carboxylic acids is 1. The molecule has 0 fully saturated rings. The van der Waals surface area contributed by atoms with E-state index in [1.807, 2.05) is 30.5 Å². The summed E-state index contributed by atoms with van der Waals surface area (Å²) in [4.78, 5) is 11.6. The van der Waals surface area contributed by atoms with Crippen molar-refractivity contribution in [3.63, 3.8) is 0 Å². The van der Waals surface area contributed by atoms with Gasteiger partial charge in [0.1, 0.15) is 6.54 Å². The molecule has 1 atom stereocenters. The molecule has 1 aromatic carbocycles. The van der Waals surface area contributed by atoms with Crippen LogP contribution >= 0.6 is 11.8 Å². The SMILES string of the molecule is CSc1ccc(CN(CC(=O)O)S(=O)O)cc1. The molecular weight excluding hydrogens is 262 g/mol.